The predicted molar refractivity (Wildman–Crippen MR) is 215 cm³/mol. The first kappa shape index (κ1) is 30.9. The quantitative estimate of drug-likeness (QED) is 0.140. The van der Waals surface area contributed by atoms with Crippen LogP contribution >= 0.6 is 0 Å². The molecule has 8 rings (SSSR count). The van der Waals surface area contributed by atoms with Gasteiger partial charge in [-0.3, -0.25) is 0 Å². The largest absolute Gasteiger partial charge is 0.335 e. The summed E-state index contributed by atoms with van der Waals surface area (Å²) in [5.41, 5.74) is 14.4. The lowest BCUT2D eigenvalue weighted by Gasteiger charge is -2.13. The van der Waals surface area contributed by atoms with Crippen LogP contribution in [0.25, 0.3) is 68.6 Å². The molecule has 2 nitrogen and oxygen atoms in total. The third kappa shape index (κ3) is 5.82. The summed E-state index contributed by atoms with van der Waals surface area (Å²) in [6, 6.07) is 56.6. The van der Waals surface area contributed by atoms with Gasteiger partial charge in [0, 0.05) is 46.0 Å². The maximum atomic E-state index is 3.94. The number of para-hydroxylation sites is 2. The SMILES string of the molecule is C=Cc1ccc(Cn2c(-c3ccccc3)c(/C=C/c3c(-c4ccccc4)n(Cc4ccc(C=C)cc4)c4ccccc34)c3ccccc32)cc1. The van der Waals surface area contributed by atoms with Gasteiger partial charge in [-0.2, -0.15) is 0 Å². The Hall–Kier alpha value is -6.38. The van der Waals surface area contributed by atoms with E-state index in [1.807, 2.05) is 12.2 Å². The Balaban J connectivity index is 1.34. The third-order valence-electron chi connectivity index (χ3n) is 9.64. The Morgan fingerprint density at radius 2 is 0.760 bits per heavy atom. The van der Waals surface area contributed by atoms with Gasteiger partial charge in [-0.05, 0) is 45.5 Å². The molecular formula is C48H38N2. The van der Waals surface area contributed by atoms with Crippen LogP contribution in [0.15, 0.2) is 171 Å². The fraction of sp³-hybridized carbons (Fsp3) is 0.0417. The van der Waals surface area contributed by atoms with Gasteiger partial charge in [-0.25, -0.2) is 0 Å². The van der Waals surface area contributed by atoms with Crippen molar-refractivity contribution < 1.29 is 0 Å². The van der Waals surface area contributed by atoms with E-state index in [2.05, 4.69) is 192 Å². The molecule has 0 aliphatic rings. The van der Waals surface area contributed by atoms with E-state index >= 15 is 0 Å². The number of aromatic nitrogens is 2. The van der Waals surface area contributed by atoms with Gasteiger partial charge >= 0.3 is 0 Å². The van der Waals surface area contributed by atoms with Crippen molar-refractivity contribution in [3.63, 3.8) is 0 Å². The number of nitrogens with zero attached hydrogens (tertiary/aromatic N) is 2. The van der Waals surface area contributed by atoms with Crippen molar-refractivity contribution in [3.05, 3.63) is 204 Å². The van der Waals surface area contributed by atoms with Crippen LogP contribution in [-0.2, 0) is 13.1 Å². The Bertz CT molecular complexity index is 2300. The van der Waals surface area contributed by atoms with E-state index in [0.717, 1.165) is 24.2 Å². The molecule has 0 N–H and O–H groups in total. The first-order chi connectivity index (χ1) is 24.7. The lowest BCUT2D eigenvalue weighted by molar-refractivity contribution is 0.844. The van der Waals surface area contributed by atoms with E-state index in [4.69, 9.17) is 0 Å². The van der Waals surface area contributed by atoms with Crippen LogP contribution in [-0.4, -0.2) is 9.13 Å². The molecule has 0 unspecified atom stereocenters. The van der Waals surface area contributed by atoms with Gasteiger partial charge in [0.25, 0.3) is 0 Å². The molecule has 2 aromatic heterocycles. The molecule has 0 atom stereocenters. The molecule has 0 aliphatic carbocycles. The van der Waals surface area contributed by atoms with Gasteiger partial charge in [0.15, 0.2) is 0 Å². The molecule has 0 spiro atoms. The molecular weight excluding hydrogens is 605 g/mol. The van der Waals surface area contributed by atoms with E-state index in [1.54, 1.807) is 0 Å². The fourth-order valence-electron chi connectivity index (χ4n) is 7.19. The van der Waals surface area contributed by atoms with E-state index in [9.17, 15) is 0 Å². The van der Waals surface area contributed by atoms with Crippen molar-refractivity contribution in [1.29, 1.82) is 0 Å². The summed E-state index contributed by atoms with van der Waals surface area (Å²) >= 11 is 0. The summed E-state index contributed by atoms with van der Waals surface area (Å²) in [6.45, 7) is 9.41. The highest BCUT2D eigenvalue weighted by Gasteiger charge is 2.20. The van der Waals surface area contributed by atoms with Gasteiger partial charge in [-0.1, -0.05) is 183 Å². The van der Waals surface area contributed by atoms with Gasteiger partial charge in [0.1, 0.15) is 0 Å². The highest BCUT2D eigenvalue weighted by molar-refractivity contribution is 6.04. The molecule has 0 bridgehead atoms. The van der Waals surface area contributed by atoms with Crippen molar-refractivity contribution in [2.45, 2.75) is 13.1 Å². The summed E-state index contributed by atoms with van der Waals surface area (Å²) in [6.07, 6.45) is 8.48. The summed E-state index contributed by atoms with van der Waals surface area (Å²) in [4.78, 5) is 0. The zero-order chi connectivity index (χ0) is 33.9. The van der Waals surface area contributed by atoms with E-state index in [0.29, 0.717) is 0 Å². The van der Waals surface area contributed by atoms with Crippen LogP contribution in [0, 0.1) is 0 Å². The summed E-state index contributed by atoms with van der Waals surface area (Å²) < 4.78 is 4.95. The molecule has 240 valence electrons. The lowest BCUT2D eigenvalue weighted by atomic mass is 10.0. The highest BCUT2D eigenvalue weighted by atomic mass is 15.0. The second-order valence-electron chi connectivity index (χ2n) is 12.7. The van der Waals surface area contributed by atoms with Crippen molar-refractivity contribution in [1.82, 2.24) is 9.13 Å². The third-order valence-corrected chi connectivity index (χ3v) is 9.64. The van der Waals surface area contributed by atoms with Crippen LogP contribution in [0.5, 0.6) is 0 Å². The molecule has 50 heavy (non-hydrogen) atoms. The first-order valence-corrected chi connectivity index (χ1v) is 17.2. The maximum Gasteiger partial charge on any atom is 0.0568 e. The molecule has 0 saturated heterocycles. The minimum atomic E-state index is 0.759. The number of hydrogen-bond donors (Lipinski definition) is 0. The molecule has 6 aromatic carbocycles. The molecule has 0 amide bonds. The topological polar surface area (TPSA) is 9.86 Å². The van der Waals surface area contributed by atoms with Crippen LogP contribution < -0.4 is 0 Å². The lowest BCUT2D eigenvalue weighted by Crippen LogP contribution is -2.02. The molecule has 0 saturated carbocycles. The van der Waals surface area contributed by atoms with Crippen molar-refractivity contribution in [2.24, 2.45) is 0 Å². The van der Waals surface area contributed by atoms with E-state index in [1.165, 1.54) is 66.6 Å². The van der Waals surface area contributed by atoms with Crippen LogP contribution in [0.3, 0.4) is 0 Å². The van der Waals surface area contributed by atoms with Crippen molar-refractivity contribution in [3.8, 4) is 22.5 Å². The second kappa shape index (κ2) is 13.6. The Morgan fingerprint density at radius 3 is 1.14 bits per heavy atom. The standard InChI is InChI=1S/C48H38N2/c1-3-35-23-27-37(28-24-35)33-49-45-21-13-11-19-41(45)43(47(49)39-15-7-5-8-16-39)31-32-44-42-20-12-14-22-46(42)50(48(44)40-17-9-6-10-18-40)34-38-29-25-36(4-2)26-30-38/h3-32H,1-2,33-34H2/b32-31+. The minimum absolute atomic E-state index is 0.759. The monoisotopic (exact) mass is 642 g/mol. The van der Waals surface area contributed by atoms with Gasteiger partial charge in [0.05, 0.1) is 11.4 Å². The molecule has 2 heterocycles. The maximum absolute atomic E-state index is 3.94. The zero-order valence-electron chi connectivity index (χ0n) is 28.0. The van der Waals surface area contributed by atoms with Gasteiger partial charge < -0.3 is 9.13 Å². The Kier molecular flexibility index (Phi) is 8.42. The van der Waals surface area contributed by atoms with Gasteiger partial charge in [-0.15, -0.1) is 0 Å². The fourth-order valence-corrected chi connectivity index (χ4v) is 7.19. The predicted octanol–water partition coefficient (Wildman–Crippen LogP) is 12.5. The van der Waals surface area contributed by atoms with Crippen LogP contribution in [0.2, 0.25) is 0 Å². The van der Waals surface area contributed by atoms with Crippen molar-refractivity contribution in [2.75, 3.05) is 0 Å². The van der Waals surface area contributed by atoms with E-state index < -0.39 is 0 Å². The number of fused-ring (bicyclic) bond motifs is 2. The molecule has 0 fully saturated rings. The molecule has 0 aliphatic heterocycles. The number of benzene rings is 6. The zero-order valence-corrected chi connectivity index (χ0v) is 28.0. The Labute approximate surface area is 294 Å². The molecule has 2 heteroatoms. The summed E-state index contributed by atoms with van der Waals surface area (Å²) in [7, 11) is 0. The van der Waals surface area contributed by atoms with Crippen LogP contribution in [0.1, 0.15) is 33.4 Å². The Morgan fingerprint density at radius 1 is 0.400 bits per heavy atom. The smallest absolute Gasteiger partial charge is 0.0568 e. The van der Waals surface area contributed by atoms with Gasteiger partial charge in [0.2, 0.25) is 0 Å². The summed E-state index contributed by atoms with van der Waals surface area (Å²) in [5.74, 6) is 0. The minimum Gasteiger partial charge on any atom is -0.335 e. The highest BCUT2D eigenvalue weighted by Crippen LogP contribution is 2.39. The van der Waals surface area contributed by atoms with Crippen LogP contribution in [0.4, 0.5) is 0 Å². The number of rotatable bonds is 10. The number of hydrogen-bond acceptors (Lipinski definition) is 0. The normalized spacial score (nSPS) is 11.4. The van der Waals surface area contributed by atoms with E-state index in [-0.39, 0.29) is 0 Å². The average Bonchev–Trinajstić information content (AvgIpc) is 3.66. The van der Waals surface area contributed by atoms with Crippen molar-refractivity contribution >= 4 is 46.1 Å². The molecule has 0 radical (unpaired) electrons. The summed E-state index contributed by atoms with van der Waals surface area (Å²) in [5, 5.41) is 2.47. The first-order valence-electron chi connectivity index (χ1n) is 17.2. The molecule has 8 aromatic rings. The second-order valence-corrected chi connectivity index (χ2v) is 12.7. The average molecular weight is 643 g/mol.